The second kappa shape index (κ2) is 14.3. The topological polar surface area (TPSA) is 118 Å². The number of benzene rings is 2. The molecule has 0 saturated carbocycles. The van der Waals surface area contributed by atoms with Crippen molar-refractivity contribution >= 4 is 21.6 Å². The summed E-state index contributed by atoms with van der Waals surface area (Å²) in [5.41, 5.74) is -0.215. The number of pyridine rings is 1. The van der Waals surface area contributed by atoms with Crippen LogP contribution >= 0.6 is 0 Å². The number of ether oxygens (including phenoxy) is 2. The van der Waals surface area contributed by atoms with E-state index in [1.54, 1.807) is 4.90 Å². The summed E-state index contributed by atoms with van der Waals surface area (Å²) in [7, 11) is -3.42. The van der Waals surface area contributed by atoms with Crippen molar-refractivity contribution in [2.24, 2.45) is 0 Å². The average molecular weight is 672 g/mol. The molecule has 3 atom stereocenters. The molecule has 1 aromatic heterocycles. The van der Waals surface area contributed by atoms with Gasteiger partial charge in [0, 0.05) is 19.0 Å². The van der Waals surface area contributed by atoms with Crippen molar-refractivity contribution in [3.8, 4) is 5.75 Å². The number of nitrogens with one attached hydrogen (secondary N) is 1. The molecule has 0 unspecified atom stereocenters. The van der Waals surface area contributed by atoms with Crippen LogP contribution in [-0.2, 0) is 20.8 Å². The van der Waals surface area contributed by atoms with Gasteiger partial charge in [-0.1, -0.05) is 26.0 Å². The van der Waals surface area contributed by atoms with Crippen LogP contribution in [0.15, 0.2) is 71.8 Å². The number of nitrogens with zero attached hydrogens (tertiary/aromatic N) is 2. The number of amides is 1. The van der Waals surface area contributed by atoms with Crippen LogP contribution in [0.25, 0.3) is 0 Å². The number of carbonyl (C=O) groups excluding carboxylic acids is 1. The van der Waals surface area contributed by atoms with Crippen LogP contribution in [0.4, 0.5) is 27.8 Å². The molecule has 2 aromatic carbocycles. The highest BCUT2D eigenvalue weighted by Gasteiger charge is 2.38. The van der Waals surface area contributed by atoms with Gasteiger partial charge in [-0.25, -0.2) is 13.4 Å². The normalized spacial score (nSPS) is 18.0. The van der Waals surface area contributed by atoms with Gasteiger partial charge < -0.3 is 24.8 Å². The Balaban J connectivity index is 1.46. The molecule has 1 aliphatic heterocycles. The summed E-state index contributed by atoms with van der Waals surface area (Å²) in [5.74, 6) is -0.136. The first-order valence-corrected chi connectivity index (χ1v) is 16.1. The van der Waals surface area contributed by atoms with E-state index in [1.165, 1.54) is 68.6 Å². The molecule has 15 heteroatoms. The Labute approximate surface area is 263 Å². The van der Waals surface area contributed by atoms with Crippen molar-refractivity contribution in [3.05, 3.63) is 83.6 Å². The molecule has 9 nitrogen and oxygen atoms in total. The Morgan fingerprint density at radius 2 is 1.72 bits per heavy atom. The number of rotatable bonds is 13. The number of aliphatic hydroxyl groups excluding tert-OH is 1. The first-order valence-electron chi connectivity index (χ1n) is 14.5. The standard InChI is InChI=1S/C31H34F5N3O6S/c1-3-30(32,33)44-19-23-15-25(45-24-10-8-22(9-11-24)31(34,35)36)17-39(23)28-14-7-21(16-37-28)29(41)38-27(18-40)20-5-12-26(13-6-20)46(42,43)4-2/h5-14,16,23,25,27,40H,3-4,15,17-19H2,1-2H3,(H,38,41)/t23-,25+,27-/m0/s1. The molecule has 0 bridgehead atoms. The summed E-state index contributed by atoms with van der Waals surface area (Å²) in [6, 6.07) is 11.5. The van der Waals surface area contributed by atoms with Gasteiger partial charge in [-0.15, -0.1) is 0 Å². The van der Waals surface area contributed by atoms with E-state index < -0.39 is 64.8 Å². The second-order valence-electron chi connectivity index (χ2n) is 10.7. The lowest BCUT2D eigenvalue weighted by atomic mass is 10.1. The third-order valence-electron chi connectivity index (χ3n) is 7.57. The van der Waals surface area contributed by atoms with E-state index in [1.807, 2.05) is 0 Å². The average Bonchev–Trinajstić information content (AvgIpc) is 3.45. The van der Waals surface area contributed by atoms with Crippen LogP contribution < -0.4 is 15.0 Å². The van der Waals surface area contributed by atoms with Crippen molar-refractivity contribution in [1.82, 2.24) is 10.3 Å². The van der Waals surface area contributed by atoms with Crippen molar-refractivity contribution in [1.29, 1.82) is 0 Å². The predicted molar refractivity (Wildman–Crippen MR) is 158 cm³/mol. The van der Waals surface area contributed by atoms with E-state index in [4.69, 9.17) is 9.47 Å². The number of aromatic nitrogens is 1. The number of halogens is 5. The number of anilines is 1. The Morgan fingerprint density at radius 1 is 1.04 bits per heavy atom. The third kappa shape index (κ3) is 8.70. The number of hydrogen-bond donors (Lipinski definition) is 2. The van der Waals surface area contributed by atoms with E-state index in [0.717, 1.165) is 12.1 Å². The minimum absolute atomic E-state index is 0.0707. The first kappa shape index (κ1) is 35.0. The highest BCUT2D eigenvalue weighted by atomic mass is 32.2. The lowest BCUT2D eigenvalue weighted by Gasteiger charge is -2.27. The van der Waals surface area contributed by atoms with E-state index in [-0.39, 0.29) is 41.5 Å². The van der Waals surface area contributed by atoms with E-state index >= 15 is 0 Å². The predicted octanol–water partition coefficient (Wildman–Crippen LogP) is 5.40. The largest absolute Gasteiger partial charge is 0.489 e. The molecule has 0 spiro atoms. The third-order valence-corrected chi connectivity index (χ3v) is 9.32. The van der Waals surface area contributed by atoms with E-state index in [9.17, 15) is 40.3 Å². The van der Waals surface area contributed by atoms with Gasteiger partial charge in [0.1, 0.15) is 17.7 Å². The zero-order valence-corrected chi connectivity index (χ0v) is 25.8. The van der Waals surface area contributed by atoms with Crippen molar-refractivity contribution in [2.75, 3.05) is 30.4 Å². The summed E-state index contributed by atoms with van der Waals surface area (Å²) < 4.78 is 102. The fourth-order valence-corrected chi connectivity index (χ4v) is 5.76. The molecule has 0 radical (unpaired) electrons. The fourth-order valence-electron chi connectivity index (χ4n) is 4.87. The maximum atomic E-state index is 13.9. The molecule has 3 aromatic rings. The maximum absolute atomic E-state index is 13.9. The minimum atomic E-state index is -4.51. The van der Waals surface area contributed by atoms with Gasteiger partial charge in [0.25, 0.3) is 5.91 Å². The molecule has 2 N–H and O–H groups in total. The summed E-state index contributed by atoms with van der Waals surface area (Å²) in [5, 5.41) is 12.6. The minimum Gasteiger partial charge on any atom is -0.489 e. The van der Waals surface area contributed by atoms with Crippen LogP contribution in [0.5, 0.6) is 5.75 Å². The van der Waals surface area contributed by atoms with Gasteiger partial charge in [-0.3, -0.25) is 4.79 Å². The Kier molecular flexibility index (Phi) is 10.9. The number of sulfone groups is 1. The van der Waals surface area contributed by atoms with Crippen molar-refractivity contribution < 1.29 is 49.7 Å². The zero-order valence-electron chi connectivity index (χ0n) is 25.0. The van der Waals surface area contributed by atoms with Gasteiger partial charge >= 0.3 is 12.3 Å². The Bertz CT molecular complexity index is 1570. The lowest BCUT2D eigenvalue weighted by molar-refractivity contribution is -0.241. The molecule has 1 aliphatic rings. The highest BCUT2D eigenvalue weighted by molar-refractivity contribution is 7.91. The van der Waals surface area contributed by atoms with E-state index in [0.29, 0.717) is 11.4 Å². The molecule has 1 fully saturated rings. The van der Waals surface area contributed by atoms with Crippen molar-refractivity contribution in [2.45, 2.75) is 62.1 Å². The fraction of sp³-hybridized carbons (Fsp3) is 0.419. The van der Waals surface area contributed by atoms with Gasteiger partial charge in [0.15, 0.2) is 9.84 Å². The lowest BCUT2D eigenvalue weighted by Crippen LogP contribution is -2.37. The van der Waals surface area contributed by atoms with Crippen LogP contribution in [0, 0.1) is 0 Å². The number of aliphatic hydroxyl groups is 1. The zero-order chi connectivity index (χ0) is 33.7. The van der Waals surface area contributed by atoms with Gasteiger partial charge in [-0.05, 0) is 54.1 Å². The molecule has 1 amide bonds. The molecule has 250 valence electrons. The van der Waals surface area contributed by atoms with Crippen molar-refractivity contribution in [3.63, 3.8) is 0 Å². The summed E-state index contributed by atoms with van der Waals surface area (Å²) in [6.45, 7) is 2.12. The monoisotopic (exact) mass is 671 g/mol. The summed E-state index contributed by atoms with van der Waals surface area (Å²) >= 11 is 0. The van der Waals surface area contributed by atoms with Gasteiger partial charge in [-0.2, -0.15) is 22.0 Å². The quantitative estimate of drug-likeness (QED) is 0.232. The molecule has 0 aliphatic carbocycles. The van der Waals surface area contributed by atoms with Crippen LogP contribution in [0.3, 0.4) is 0 Å². The first-order chi connectivity index (χ1) is 21.7. The molecular weight excluding hydrogens is 637 g/mol. The Morgan fingerprint density at radius 3 is 2.26 bits per heavy atom. The number of alkyl halides is 5. The van der Waals surface area contributed by atoms with Crippen LogP contribution in [0.1, 0.15) is 54.2 Å². The summed E-state index contributed by atoms with van der Waals surface area (Å²) in [4.78, 5) is 19.1. The van der Waals surface area contributed by atoms with Crippen LogP contribution in [-0.4, -0.2) is 68.2 Å². The highest BCUT2D eigenvalue weighted by Crippen LogP contribution is 2.33. The Hall–Kier alpha value is -3.82. The molecule has 1 saturated heterocycles. The maximum Gasteiger partial charge on any atom is 0.416 e. The molecular formula is C31H34F5N3O6S. The van der Waals surface area contributed by atoms with Gasteiger partial charge in [0.2, 0.25) is 0 Å². The number of hydrogen-bond acceptors (Lipinski definition) is 8. The van der Waals surface area contributed by atoms with Crippen LogP contribution in [0.2, 0.25) is 0 Å². The SMILES string of the molecule is CCC(F)(F)OC[C@@H]1C[C@@H](Oc2ccc(C(F)(F)F)cc2)CN1c1ccc(C(=O)N[C@@H](CO)c2ccc(S(=O)(=O)CC)cc2)cn1. The molecule has 46 heavy (non-hydrogen) atoms. The summed E-state index contributed by atoms with van der Waals surface area (Å²) in [6.07, 6.45) is -7.51. The second-order valence-corrected chi connectivity index (χ2v) is 13.0. The smallest absolute Gasteiger partial charge is 0.416 e. The molecule has 2 heterocycles. The number of carbonyl (C=O) groups is 1. The van der Waals surface area contributed by atoms with E-state index in [2.05, 4.69) is 10.3 Å². The molecule has 4 rings (SSSR count). The van der Waals surface area contributed by atoms with Gasteiger partial charge in [0.05, 0.1) is 53.6 Å².